The number of carboxylic acid groups (broad SMARTS) is 1. The van der Waals surface area contributed by atoms with Crippen molar-refractivity contribution in [2.45, 2.75) is 32.4 Å². The molecule has 1 N–H and O–H groups in total. The Bertz CT molecular complexity index is 420. The van der Waals surface area contributed by atoms with Crippen LogP contribution >= 0.6 is 23.1 Å². The average molecular weight is 286 g/mol. The van der Waals surface area contributed by atoms with Gasteiger partial charge in [-0.2, -0.15) is 11.8 Å². The van der Waals surface area contributed by atoms with Gasteiger partial charge in [0, 0.05) is 35.9 Å². The summed E-state index contributed by atoms with van der Waals surface area (Å²) in [6.45, 7) is 5.73. The minimum atomic E-state index is -0.721. The van der Waals surface area contributed by atoms with E-state index in [1.165, 1.54) is 0 Å². The molecule has 0 aromatic carbocycles. The first kappa shape index (κ1) is 13.8. The first-order valence-electron chi connectivity index (χ1n) is 6.07. The topological polar surface area (TPSA) is 53.4 Å². The van der Waals surface area contributed by atoms with Crippen molar-refractivity contribution in [3.05, 3.63) is 16.1 Å². The molecule has 2 heterocycles. The Labute approximate surface area is 115 Å². The third-order valence-electron chi connectivity index (χ3n) is 2.95. The maximum atomic E-state index is 11.2. The summed E-state index contributed by atoms with van der Waals surface area (Å²) in [5.74, 6) is 1.40. The molecule has 0 aliphatic carbocycles. The van der Waals surface area contributed by atoms with Gasteiger partial charge in [-0.05, 0) is 0 Å². The van der Waals surface area contributed by atoms with Gasteiger partial charge in [0.1, 0.15) is 6.04 Å². The molecule has 2 rings (SSSR count). The summed E-state index contributed by atoms with van der Waals surface area (Å²) in [6, 6.07) is -0.368. The largest absolute Gasteiger partial charge is 0.480 e. The van der Waals surface area contributed by atoms with Crippen LogP contribution in [0.3, 0.4) is 0 Å². The maximum absolute atomic E-state index is 11.2. The summed E-state index contributed by atoms with van der Waals surface area (Å²) < 4.78 is 0. The molecule has 0 saturated carbocycles. The van der Waals surface area contributed by atoms with E-state index >= 15 is 0 Å². The summed E-state index contributed by atoms with van der Waals surface area (Å²) in [5, 5.41) is 12.4. The Morgan fingerprint density at radius 2 is 2.44 bits per heavy atom. The van der Waals surface area contributed by atoms with Crippen molar-refractivity contribution in [2.75, 3.05) is 18.1 Å². The molecule has 1 aromatic rings. The van der Waals surface area contributed by atoms with Gasteiger partial charge in [-0.1, -0.05) is 13.8 Å². The van der Waals surface area contributed by atoms with Gasteiger partial charge in [0.2, 0.25) is 0 Å². The molecule has 1 fully saturated rings. The van der Waals surface area contributed by atoms with E-state index in [1.54, 1.807) is 23.1 Å². The molecule has 1 atom stereocenters. The molecule has 1 aliphatic rings. The number of thiazole rings is 1. The number of aliphatic carboxylic acids is 1. The number of carbonyl (C=O) groups is 1. The van der Waals surface area contributed by atoms with E-state index in [9.17, 15) is 9.90 Å². The highest BCUT2D eigenvalue weighted by Crippen LogP contribution is 2.23. The van der Waals surface area contributed by atoms with Gasteiger partial charge in [0.15, 0.2) is 0 Å². The lowest BCUT2D eigenvalue weighted by molar-refractivity contribution is -0.142. The third kappa shape index (κ3) is 3.24. The van der Waals surface area contributed by atoms with Crippen LogP contribution in [-0.4, -0.2) is 45.1 Å². The highest BCUT2D eigenvalue weighted by Gasteiger charge is 2.29. The van der Waals surface area contributed by atoms with Crippen molar-refractivity contribution >= 4 is 29.1 Å². The number of carboxylic acids is 1. The molecule has 4 nitrogen and oxygen atoms in total. The SMILES string of the molecule is CC(C)c1nc(CN2CCSCC2C(=O)O)cs1. The highest BCUT2D eigenvalue weighted by atomic mass is 32.2. The summed E-state index contributed by atoms with van der Waals surface area (Å²) in [4.78, 5) is 17.8. The lowest BCUT2D eigenvalue weighted by atomic mass is 10.2. The van der Waals surface area contributed by atoms with Crippen molar-refractivity contribution in [1.29, 1.82) is 0 Å². The Morgan fingerprint density at radius 3 is 3.06 bits per heavy atom. The summed E-state index contributed by atoms with van der Waals surface area (Å²) in [5.41, 5.74) is 1.00. The number of rotatable bonds is 4. The van der Waals surface area contributed by atoms with Crippen molar-refractivity contribution in [2.24, 2.45) is 0 Å². The van der Waals surface area contributed by atoms with E-state index < -0.39 is 5.97 Å². The predicted octanol–water partition coefficient (Wildman–Crippen LogP) is 2.27. The quantitative estimate of drug-likeness (QED) is 0.920. The molecule has 100 valence electrons. The molecule has 18 heavy (non-hydrogen) atoms. The number of hydrogen-bond donors (Lipinski definition) is 1. The molecule has 6 heteroatoms. The Balaban J connectivity index is 2.03. The van der Waals surface area contributed by atoms with Gasteiger partial charge < -0.3 is 5.11 Å². The van der Waals surface area contributed by atoms with Crippen molar-refractivity contribution in [3.63, 3.8) is 0 Å². The molecule has 1 saturated heterocycles. The van der Waals surface area contributed by atoms with E-state index in [2.05, 4.69) is 24.2 Å². The minimum absolute atomic E-state index is 0.368. The zero-order valence-electron chi connectivity index (χ0n) is 10.6. The smallest absolute Gasteiger partial charge is 0.321 e. The zero-order valence-corrected chi connectivity index (χ0v) is 12.3. The fourth-order valence-electron chi connectivity index (χ4n) is 1.92. The molecule has 0 spiro atoms. The molecule has 1 aliphatic heterocycles. The standard InChI is InChI=1S/C12H18N2O2S2/c1-8(2)11-13-9(6-18-11)5-14-3-4-17-7-10(14)12(15)16/h6,8,10H,3-5,7H2,1-2H3,(H,15,16). The lowest BCUT2D eigenvalue weighted by Crippen LogP contribution is -2.46. The summed E-state index contributed by atoms with van der Waals surface area (Å²) in [7, 11) is 0. The van der Waals surface area contributed by atoms with Crippen LogP contribution in [0.1, 0.15) is 30.5 Å². The molecule has 1 unspecified atom stereocenters. The van der Waals surface area contributed by atoms with Gasteiger partial charge >= 0.3 is 5.97 Å². The fraction of sp³-hybridized carbons (Fsp3) is 0.667. The van der Waals surface area contributed by atoms with Crippen molar-refractivity contribution in [3.8, 4) is 0 Å². The molecular weight excluding hydrogens is 268 g/mol. The van der Waals surface area contributed by atoms with Crippen LogP contribution in [0.2, 0.25) is 0 Å². The van der Waals surface area contributed by atoms with Crippen molar-refractivity contribution in [1.82, 2.24) is 9.88 Å². The Morgan fingerprint density at radius 1 is 1.67 bits per heavy atom. The summed E-state index contributed by atoms with van der Waals surface area (Å²) in [6.07, 6.45) is 0. The van der Waals surface area contributed by atoms with Crippen LogP contribution in [0.15, 0.2) is 5.38 Å². The van der Waals surface area contributed by atoms with Crippen LogP contribution in [0.4, 0.5) is 0 Å². The second-order valence-electron chi connectivity index (χ2n) is 4.73. The lowest BCUT2D eigenvalue weighted by Gasteiger charge is -2.31. The number of thioether (sulfide) groups is 1. The molecule has 0 amide bonds. The second kappa shape index (κ2) is 6.04. The molecule has 0 bridgehead atoms. The van der Waals surface area contributed by atoms with Crippen LogP contribution in [0.25, 0.3) is 0 Å². The molecule has 0 radical (unpaired) electrons. The maximum Gasteiger partial charge on any atom is 0.321 e. The van der Waals surface area contributed by atoms with Gasteiger partial charge in [-0.3, -0.25) is 9.69 Å². The van der Waals surface area contributed by atoms with E-state index in [0.717, 1.165) is 23.0 Å². The monoisotopic (exact) mass is 286 g/mol. The van der Waals surface area contributed by atoms with Gasteiger partial charge in [-0.25, -0.2) is 4.98 Å². The van der Waals surface area contributed by atoms with E-state index in [4.69, 9.17) is 0 Å². The van der Waals surface area contributed by atoms with Crippen LogP contribution in [-0.2, 0) is 11.3 Å². The van der Waals surface area contributed by atoms with E-state index in [1.807, 2.05) is 4.90 Å². The predicted molar refractivity (Wildman–Crippen MR) is 75.4 cm³/mol. The Hall–Kier alpha value is -0.590. The van der Waals surface area contributed by atoms with Gasteiger partial charge in [0.05, 0.1) is 10.7 Å². The third-order valence-corrected chi connectivity index (χ3v) is 5.17. The van der Waals surface area contributed by atoms with Gasteiger partial charge in [0.25, 0.3) is 0 Å². The Kier molecular flexibility index (Phi) is 4.64. The van der Waals surface area contributed by atoms with Gasteiger partial charge in [-0.15, -0.1) is 11.3 Å². The number of hydrogen-bond acceptors (Lipinski definition) is 5. The second-order valence-corrected chi connectivity index (χ2v) is 6.77. The van der Waals surface area contributed by atoms with Crippen LogP contribution in [0, 0.1) is 0 Å². The van der Waals surface area contributed by atoms with E-state index in [0.29, 0.717) is 18.2 Å². The fourth-order valence-corrected chi connectivity index (χ4v) is 3.86. The van der Waals surface area contributed by atoms with Crippen LogP contribution in [0.5, 0.6) is 0 Å². The average Bonchev–Trinajstić information content (AvgIpc) is 2.78. The highest BCUT2D eigenvalue weighted by molar-refractivity contribution is 7.99. The number of aromatic nitrogens is 1. The summed E-state index contributed by atoms with van der Waals surface area (Å²) >= 11 is 3.38. The van der Waals surface area contributed by atoms with E-state index in [-0.39, 0.29) is 6.04 Å². The first-order valence-corrected chi connectivity index (χ1v) is 8.10. The zero-order chi connectivity index (χ0) is 13.1. The minimum Gasteiger partial charge on any atom is -0.480 e. The van der Waals surface area contributed by atoms with Crippen molar-refractivity contribution < 1.29 is 9.90 Å². The normalized spacial score (nSPS) is 21.4. The molecular formula is C12H18N2O2S2. The first-order chi connectivity index (χ1) is 8.58. The number of nitrogens with zero attached hydrogens (tertiary/aromatic N) is 2. The molecule has 1 aromatic heterocycles. The van der Waals surface area contributed by atoms with Crippen LogP contribution < -0.4 is 0 Å².